The second kappa shape index (κ2) is 20.0. The zero-order valence-electron chi connectivity index (χ0n) is 33.3. The summed E-state index contributed by atoms with van der Waals surface area (Å²) in [7, 11) is 0. The third-order valence-corrected chi connectivity index (χ3v) is 8.72. The number of rotatable bonds is 17. The van der Waals surface area contributed by atoms with Crippen LogP contribution in [-0.4, -0.2) is 58.6 Å². The number of amides is 3. The Hall–Kier alpha value is -4.66. The van der Waals surface area contributed by atoms with Gasteiger partial charge in [-0.05, 0) is 89.6 Å². The third kappa shape index (κ3) is 14.4. The van der Waals surface area contributed by atoms with Crippen LogP contribution in [0.2, 0.25) is 0 Å². The Balaban J connectivity index is 2.17. The molecule has 0 radical (unpaired) electrons. The number of unbranched alkanes of at least 4 members (excludes halogenated alkanes) is 4. The Labute approximate surface area is 317 Å². The number of carbonyl (C=O) groups is 4. The SMILES string of the molecule is CCCCCCCN(C(=O)C(Cc1ccccc1)NC(=O)OC(C)(C)C)C(C(=O)NC(Cc1ccccc1)C(=O)OC(C)(C)C)c1c(C)cccc1C. The monoisotopic (exact) mass is 727 g/mol. The van der Waals surface area contributed by atoms with E-state index in [-0.39, 0.29) is 19.4 Å². The largest absolute Gasteiger partial charge is 0.458 e. The molecule has 3 amide bonds. The van der Waals surface area contributed by atoms with E-state index in [9.17, 15) is 14.4 Å². The fourth-order valence-corrected chi connectivity index (χ4v) is 6.31. The van der Waals surface area contributed by atoms with Gasteiger partial charge in [0, 0.05) is 19.4 Å². The molecule has 0 heterocycles. The molecule has 2 N–H and O–H groups in total. The molecule has 0 aliphatic heterocycles. The standard InChI is InChI=1S/C44H61N3O6/c1-10-11-12-13-20-28-47(40(49)35(29-33-24-16-14-17-25-33)46-42(51)53-44(7,8)9)38(37-31(2)22-21-23-32(37)3)39(48)45-36(41(50)52-43(4,5)6)30-34-26-18-15-19-27-34/h14-19,21-27,35-36,38H,10-13,20,28-30H2,1-9H3,(H,45,48)(H,46,51). The van der Waals surface area contributed by atoms with Gasteiger partial charge in [0.05, 0.1) is 0 Å². The van der Waals surface area contributed by atoms with Crippen molar-refractivity contribution in [2.45, 2.75) is 137 Å². The van der Waals surface area contributed by atoms with Crippen LogP contribution in [0.5, 0.6) is 0 Å². The first kappa shape index (κ1) is 42.8. The number of benzene rings is 3. The average Bonchev–Trinajstić information content (AvgIpc) is 3.07. The van der Waals surface area contributed by atoms with E-state index >= 15 is 4.79 Å². The van der Waals surface area contributed by atoms with Gasteiger partial charge in [0.25, 0.3) is 0 Å². The molecule has 9 heteroatoms. The average molecular weight is 728 g/mol. The zero-order valence-corrected chi connectivity index (χ0v) is 33.3. The Morgan fingerprint density at radius 2 is 1.15 bits per heavy atom. The number of hydrogen-bond donors (Lipinski definition) is 2. The van der Waals surface area contributed by atoms with E-state index in [0.717, 1.165) is 47.9 Å². The van der Waals surface area contributed by atoms with Gasteiger partial charge in [0.1, 0.15) is 29.3 Å². The third-order valence-electron chi connectivity index (χ3n) is 8.72. The molecule has 3 unspecified atom stereocenters. The van der Waals surface area contributed by atoms with E-state index in [2.05, 4.69) is 17.6 Å². The van der Waals surface area contributed by atoms with Crippen molar-refractivity contribution in [1.29, 1.82) is 0 Å². The molecule has 0 fully saturated rings. The van der Waals surface area contributed by atoms with Crippen LogP contribution in [0.1, 0.15) is 114 Å². The molecular formula is C44H61N3O6. The normalized spacial score (nSPS) is 13.3. The summed E-state index contributed by atoms with van der Waals surface area (Å²) in [5, 5.41) is 5.87. The number of hydrogen-bond acceptors (Lipinski definition) is 6. The first-order valence-corrected chi connectivity index (χ1v) is 19.0. The van der Waals surface area contributed by atoms with E-state index < -0.39 is 53.2 Å². The van der Waals surface area contributed by atoms with Crippen molar-refractivity contribution >= 4 is 23.9 Å². The van der Waals surface area contributed by atoms with Gasteiger partial charge in [-0.25, -0.2) is 9.59 Å². The Kier molecular flexibility index (Phi) is 16.1. The maximum absolute atomic E-state index is 15.1. The van der Waals surface area contributed by atoms with E-state index in [1.54, 1.807) is 46.4 Å². The lowest BCUT2D eigenvalue weighted by atomic mass is 9.92. The summed E-state index contributed by atoms with van der Waals surface area (Å²) in [6.07, 6.45) is 4.26. The smallest absolute Gasteiger partial charge is 0.408 e. The molecule has 288 valence electrons. The van der Waals surface area contributed by atoms with Gasteiger partial charge < -0.3 is 25.0 Å². The summed E-state index contributed by atoms with van der Waals surface area (Å²) in [4.78, 5) is 58.7. The molecule has 53 heavy (non-hydrogen) atoms. The lowest BCUT2D eigenvalue weighted by molar-refractivity contribution is -0.159. The lowest BCUT2D eigenvalue weighted by Crippen LogP contribution is -2.56. The van der Waals surface area contributed by atoms with Gasteiger partial charge >= 0.3 is 12.1 Å². The summed E-state index contributed by atoms with van der Waals surface area (Å²) in [6, 6.07) is 21.5. The van der Waals surface area contributed by atoms with Gasteiger partial charge in [-0.1, -0.05) is 111 Å². The van der Waals surface area contributed by atoms with Crippen LogP contribution in [0.3, 0.4) is 0 Å². The highest BCUT2D eigenvalue weighted by atomic mass is 16.6. The van der Waals surface area contributed by atoms with Crippen molar-refractivity contribution in [3.63, 3.8) is 0 Å². The van der Waals surface area contributed by atoms with Crippen molar-refractivity contribution < 1.29 is 28.7 Å². The van der Waals surface area contributed by atoms with E-state index in [1.165, 1.54) is 0 Å². The molecule has 3 atom stereocenters. The first-order valence-electron chi connectivity index (χ1n) is 19.0. The topological polar surface area (TPSA) is 114 Å². The minimum atomic E-state index is -1.12. The van der Waals surface area contributed by atoms with Gasteiger partial charge in [-0.3, -0.25) is 9.59 Å². The predicted octanol–water partition coefficient (Wildman–Crippen LogP) is 8.35. The van der Waals surface area contributed by atoms with Crippen molar-refractivity contribution in [2.24, 2.45) is 0 Å². The van der Waals surface area contributed by atoms with Crippen molar-refractivity contribution in [3.8, 4) is 0 Å². The summed E-state index contributed by atoms with van der Waals surface area (Å²) in [6.45, 7) is 16.9. The fourth-order valence-electron chi connectivity index (χ4n) is 6.31. The molecule has 0 saturated carbocycles. The van der Waals surface area contributed by atoms with Crippen LogP contribution < -0.4 is 10.6 Å². The molecule has 3 rings (SSSR count). The molecule has 0 aromatic heterocycles. The molecule has 9 nitrogen and oxygen atoms in total. The van der Waals surface area contributed by atoms with Crippen LogP contribution >= 0.6 is 0 Å². The Morgan fingerprint density at radius 1 is 0.642 bits per heavy atom. The zero-order chi connectivity index (χ0) is 39.2. The van der Waals surface area contributed by atoms with Crippen LogP contribution in [0.15, 0.2) is 78.9 Å². The van der Waals surface area contributed by atoms with Crippen molar-refractivity contribution in [3.05, 3.63) is 107 Å². The molecular weight excluding hydrogens is 666 g/mol. The number of nitrogens with one attached hydrogen (secondary N) is 2. The predicted molar refractivity (Wildman–Crippen MR) is 210 cm³/mol. The second-order valence-corrected chi connectivity index (χ2v) is 15.8. The van der Waals surface area contributed by atoms with E-state index in [1.807, 2.05) is 92.7 Å². The van der Waals surface area contributed by atoms with Gasteiger partial charge in [-0.2, -0.15) is 0 Å². The van der Waals surface area contributed by atoms with Gasteiger partial charge in [0.2, 0.25) is 11.8 Å². The number of aryl methyl sites for hydroxylation is 2. The molecule has 0 aliphatic carbocycles. The second-order valence-electron chi connectivity index (χ2n) is 15.8. The van der Waals surface area contributed by atoms with Crippen molar-refractivity contribution in [2.75, 3.05) is 6.54 Å². The highest BCUT2D eigenvalue weighted by molar-refractivity contribution is 5.94. The highest BCUT2D eigenvalue weighted by Crippen LogP contribution is 2.30. The maximum atomic E-state index is 15.1. The quantitative estimate of drug-likeness (QED) is 0.107. The summed E-state index contributed by atoms with van der Waals surface area (Å²) < 4.78 is 11.4. The Morgan fingerprint density at radius 3 is 1.66 bits per heavy atom. The number of carbonyl (C=O) groups excluding carboxylic acids is 4. The fraction of sp³-hybridized carbons (Fsp3) is 0.500. The molecule has 0 aliphatic rings. The minimum absolute atomic E-state index is 0.181. The number of ether oxygens (including phenoxy) is 2. The van der Waals surface area contributed by atoms with Crippen LogP contribution in [-0.2, 0) is 36.7 Å². The summed E-state index contributed by atoms with van der Waals surface area (Å²) in [5.41, 5.74) is 2.42. The number of alkyl carbamates (subject to hydrolysis) is 1. The maximum Gasteiger partial charge on any atom is 0.408 e. The molecule has 0 saturated heterocycles. The Bertz CT molecular complexity index is 1610. The van der Waals surface area contributed by atoms with Crippen LogP contribution in [0.4, 0.5) is 4.79 Å². The van der Waals surface area contributed by atoms with Crippen molar-refractivity contribution in [1.82, 2.24) is 15.5 Å². The molecule has 0 bridgehead atoms. The van der Waals surface area contributed by atoms with Crippen LogP contribution in [0.25, 0.3) is 0 Å². The first-order chi connectivity index (χ1) is 25.0. The highest BCUT2D eigenvalue weighted by Gasteiger charge is 2.39. The minimum Gasteiger partial charge on any atom is -0.458 e. The van der Waals surface area contributed by atoms with E-state index in [0.29, 0.717) is 12.0 Å². The van der Waals surface area contributed by atoms with E-state index in [4.69, 9.17) is 9.47 Å². The number of nitrogens with zero attached hydrogens (tertiary/aromatic N) is 1. The number of esters is 1. The summed E-state index contributed by atoms with van der Waals surface area (Å²) in [5.74, 6) is -1.50. The van der Waals surface area contributed by atoms with Gasteiger partial charge in [0.15, 0.2) is 0 Å². The van der Waals surface area contributed by atoms with Crippen LogP contribution in [0, 0.1) is 13.8 Å². The van der Waals surface area contributed by atoms with Gasteiger partial charge in [-0.15, -0.1) is 0 Å². The lowest BCUT2D eigenvalue weighted by Gasteiger charge is -2.36. The molecule has 0 spiro atoms. The molecule has 3 aromatic carbocycles. The summed E-state index contributed by atoms with van der Waals surface area (Å²) >= 11 is 0. The molecule has 3 aromatic rings.